The van der Waals surface area contributed by atoms with Crippen LogP contribution in [0.5, 0.6) is 0 Å². The second kappa shape index (κ2) is 4.37. The zero-order chi connectivity index (χ0) is 14.6. The molecule has 5 heteroatoms. The average molecular weight is 290 g/mol. The van der Waals surface area contributed by atoms with Crippen molar-refractivity contribution in [2.45, 2.75) is 18.6 Å². The van der Waals surface area contributed by atoms with Crippen LogP contribution in [0.1, 0.15) is 18.0 Å². The summed E-state index contributed by atoms with van der Waals surface area (Å²) in [6.45, 7) is -1.48. The van der Waals surface area contributed by atoms with Crippen LogP contribution in [-0.4, -0.2) is 34.1 Å². The lowest BCUT2D eigenvalue weighted by Gasteiger charge is -2.53. The molecule has 0 spiro atoms. The first-order chi connectivity index (χ1) is 10.2. The quantitative estimate of drug-likeness (QED) is 0.944. The van der Waals surface area contributed by atoms with Gasteiger partial charge in [-0.1, -0.05) is 24.3 Å². The first kappa shape index (κ1) is 13.0. The summed E-state index contributed by atoms with van der Waals surface area (Å²) in [5.41, 5.74) is 1.93. The van der Waals surface area contributed by atoms with Crippen LogP contribution in [0.25, 0.3) is 11.3 Å². The lowest BCUT2D eigenvalue weighted by atomic mass is 9.56. The van der Waals surface area contributed by atoms with Crippen LogP contribution in [-0.2, 0) is 0 Å². The van der Waals surface area contributed by atoms with E-state index in [1.165, 1.54) is 0 Å². The molecular weight excluding hydrogens is 274 g/mol. The number of benzene rings is 1. The monoisotopic (exact) mass is 290 g/mol. The number of hydrogen-bond acceptors (Lipinski definition) is 2. The Morgan fingerprint density at radius 3 is 2.76 bits per heavy atom. The van der Waals surface area contributed by atoms with Crippen LogP contribution in [0.15, 0.2) is 36.8 Å². The first-order valence-electron chi connectivity index (χ1n) is 7.13. The second-order valence-corrected chi connectivity index (χ2v) is 6.15. The summed E-state index contributed by atoms with van der Waals surface area (Å²) < 4.78 is 28.9. The van der Waals surface area contributed by atoms with Gasteiger partial charge in [0.15, 0.2) is 0 Å². The molecule has 0 bridgehead atoms. The Balaban J connectivity index is 1.86. The number of aliphatic hydroxyl groups is 1. The number of aromatic nitrogens is 2. The molecule has 1 aliphatic carbocycles. The maximum absolute atomic E-state index is 13.5. The number of aliphatic hydroxyl groups excluding tert-OH is 1. The molecule has 110 valence electrons. The van der Waals surface area contributed by atoms with Gasteiger partial charge in [0.2, 0.25) is 0 Å². The second-order valence-electron chi connectivity index (χ2n) is 6.15. The molecule has 2 aromatic rings. The molecule has 1 unspecified atom stereocenters. The summed E-state index contributed by atoms with van der Waals surface area (Å²) in [5, 5.41) is 10.2. The Labute approximate surface area is 121 Å². The van der Waals surface area contributed by atoms with E-state index >= 15 is 0 Å². The molecular formula is C16H16F2N2O. The molecule has 1 aromatic heterocycles. The number of alkyl halides is 2. The van der Waals surface area contributed by atoms with Crippen molar-refractivity contribution in [1.82, 2.24) is 9.55 Å². The van der Waals surface area contributed by atoms with Crippen molar-refractivity contribution >= 4 is 0 Å². The van der Waals surface area contributed by atoms with Gasteiger partial charge in [0.1, 0.15) is 0 Å². The van der Waals surface area contributed by atoms with E-state index in [4.69, 9.17) is 0 Å². The fourth-order valence-electron chi connectivity index (χ4n) is 4.03. The molecule has 3 atom stereocenters. The molecule has 2 heterocycles. The molecule has 1 saturated carbocycles. The topological polar surface area (TPSA) is 38.1 Å². The Kier molecular flexibility index (Phi) is 2.70. The lowest BCUT2D eigenvalue weighted by Crippen LogP contribution is -2.57. The normalized spacial score (nSPS) is 28.8. The fourth-order valence-corrected chi connectivity index (χ4v) is 4.03. The fraction of sp³-hybridized carbons (Fsp3) is 0.438. The van der Waals surface area contributed by atoms with E-state index in [-0.39, 0.29) is 12.5 Å². The Morgan fingerprint density at radius 2 is 2.05 bits per heavy atom. The van der Waals surface area contributed by atoms with Gasteiger partial charge in [-0.05, 0) is 12.0 Å². The van der Waals surface area contributed by atoms with Gasteiger partial charge in [0.05, 0.1) is 43.7 Å². The number of halogens is 2. The molecule has 0 amide bonds. The minimum Gasteiger partial charge on any atom is -0.393 e. The smallest absolute Gasteiger partial charge is 0.0981 e. The maximum Gasteiger partial charge on any atom is 0.0981 e. The number of nitrogens with zero attached hydrogens (tertiary/aromatic N) is 2. The summed E-state index contributed by atoms with van der Waals surface area (Å²) in [4.78, 5) is 4.15. The largest absolute Gasteiger partial charge is 0.393 e. The van der Waals surface area contributed by atoms with Crippen LogP contribution in [0.4, 0.5) is 8.78 Å². The van der Waals surface area contributed by atoms with Gasteiger partial charge in [-0.3, -0.25) is 8.78 Å². The summed E-state index contributed by atoms with van der Waals surface area (Å²) in [6.07, 6.45) is 2.96. The molecule has 1 aromatic carbocycles. The highest BCUT2D eigenvalue weighted by Gasteiger charge is 2.59. The van der Waals surface area contributed by atoms with Crippen LogP contribution < -0.4 is 0 Å². The molecule has 4 rings (SSSR count). The standard InChI is InChI=1S/C16H16F2N2O/c17-7-16(8-18)5-13(21)14(16)15-11-4-2-1-3-10(11)12-6-19-9-20(12)15/h1-4,6,9,13-15,21H,5,7-8H2/t13-,14?,15-/m0/s1. The Hall–Kier alpha value is -1.75. The minimum atomic E-state index is -1.07. The van der Waals surface area contributed by atoms with Crippen LogP contribution in [0.3, 0.4) is 0 Å². The van der Waals surface area contributed by atoms with E-state index < -0.39 is 30.8 Å². The van der Waals surface area contributed by atoms with Crippen LogP contribution in [0, 0.1) is 11.3 Å². The zero-order valence-corrected chi connectivity index (χ0v) is 11.4. The third kappa shape index (κ3) is 1.52. The van der Waals surface area contributed by atoms with Gasteiger partial charge >= 0.3 is 0 Å². The van der Waals surface area contributed by atoms with Crippen molar-refractivity contribution in [1.29, 1.82) is 0 Å². The Morgan fingerprint density at radius 1 is 1.29 bits per heavy atom. The van der Waals surface area contributed by atoms with E-state index in [0.717, 1.165) is 16.8 Å². The number of fused-ring (bicyclic) bond motifs is 3. The van der Waals surface area contributed by atoms with Gasteiger partial charge < -0.3 is 9.67 Å². The highest BCUT2D eigenvalue weighted by atomic mass is 19.1. The summed E-state index contributed by atoms with van der Waals surface area (Å²) in [6, 6.07) is 7.57. The zero-order valence-electron chi connectivity index (χ0n) is 11.4. The van der Waals surface area contributed by atoms with Crippen molar-refractivity contribution in [3.63, 3.8) is 0 Å². The maximum atomic E-state index is 13.5. The molecule has 1 N–H and O–H groups in total. The van der Waals surface area contributed by atoms with Crippen molar-refractivity contribution in [3.05, 3.63) is 42.4 Å². The van der Waals surface area contributed by atoms with E-state index in [1.54, 1.807) is 12.5 Å². The highest BCUT2D eigenvalue weighted by molar-refractivity contribution is 5.69. The van der Waals surface area contributed by atoms with Crippen molar-refractivity contribution in [2.75, 3.05) is 13.3 Å². The predicted octanol–water partition coefficient (Wildman–Crippen LogP) is 2.76. The molecule has 1 fully saturated rings. The third-order valence-corrected chi connectivity index (χ3v) is 5.13. The van der Waals surface area contributed by atoms with Crippen molar-refractivity contribution in [3.8, 4) is 11.3 Å². The SMILES string of the molecule is O[C@H]1CC(CF)(CF)C1[C@@H]1c2ccccc2-c2cncn21. The lowest BCUT2D eigenvalue weighted by molar-refractivity contribution is -0.143. The third-order valence-electron chi connectivity index (χ3n) is 5.13. The number of hydrogen-bond donors (Lipinski definition) is 1. The minimum absolute atomic E-state index is 0.188. The predicted molar refractivity (Wildman–Crippen MR) is 74.3 cm³/mol. The number of imidazole rings is 1. The number of rotatable bonds is 3. The van der Waals surface area contributed by atoms with Crippen LogP contribution >= 0.6 is 0 Å². The Bertz CT molecular complexity index is 680. The van der Waals surface area contributed by atoms with Crippen molar-refractivity contribution < 1.29 is 13.9 Å². The highest BCUT2D eigenvalue weighted by Crippen LogP contribution is 2.57. The first-order valence-corrected chi connectivity index (χ1v) is 7.13. The van der Waals surface area contributed by atoms with Gasteiger partial charge in [-0.25, -0.2) is 4.98 Å². The molecule has 0 radical (unpaired) electrons. The molecule has 21 heavy (non-hydrogen) atoms. The van der Waals surface area contributed by atoms with Gasteiger partial charge in [-0.2, -0.15) is 0 Å². The molecule has 3 nitrogen and oxygen atoms in total. The summed E-state index contributed by atoms with van der Waals surface area (Å²) in [5.74, 6) is -0.455. The van der Waals surface area contributed by atoms with E-state index in [2.05, 4.69) is 4.98 Å². The van der Waals surface area contributed by atoms with E-state index in [1.807, 2.05) is 28.8 Å². The van der Waals surface area contributed by atoms with Crippen molar-refractivity contribution in [2.24, 2.45) is 11.3 Å². The molecule has 0 saturated heterocycles. The van der Waals surface area contributed by atoms with Gasteiger partial charge in [0.25, 0.3) is 0 Å². The molecule has 2 aliphatic rings. The summed E-state index contributed by atoms with van der Waals surface area (Å²) in [7, 11) is 0. The van der Waals surface area contributed by atoms with Gasteiger partial charge in [-0.15, -0.1) is 0 Å². The van der Waals surface area contributed by atoms with E-state index in [9.17, 15) is 13.9 Å². The average Bonchev–Trinajstić information content (AvgIpc) is 3.08. The van der Waals surface area contributed by atoms with Gasteiger partial charge in [0, 0.05) is 16.9 Å². The molecule has 1 aliphatic heterocycles. The summed E-state index contributed by atoms with van der Waals surface area (Å²) >= 11 is 0. The van der Waals surface area contributed by atoms with E-state index in [0.29, 0.717) is 0 Å². The van der Waals surface area contributed by atoms with Crippen LogP contribution in [0.2, 0.25) is 0 Å².